The molecule has 0 atom stereocenters. The van der Waals surface area contributed by atoms with E-state index in [1.165, 1.54) is 0 Å². The maximum Gasteiger partial charge on any atom is 0.149 e. The summed E-state index contributed by atoms with van der Waals surface area (Å²) in [6, 6.07) is 0. The zero-order valence-corrected chi connectivity index (χ0v) is 7.19. The molecule has 0 fully saturated rings. The highest BCUT2D eigenvalue weighted by Crippen LogP contribution is 1.84. The van der Waals surface area contributed by atoms with E-state index >= 15 is 0 Å². The Kier molecular flexibility index (Phi) is 3.65. The van der Waals surface area contributed by atoms with Crippen LogP contribution in [0.15, 0.2) is 0 Å². The topological polar surface area (TPSA) is 43.6 Å². The number of tetrazole rings is 1. The van der Waals surface area contributed by atoms with Crippen molar-refractivity contribution in [2.45, 2.75) is 13.5 Å². The predicted molar refractivity (Wildman–Crippen MR) is 41.7 cm³/mol. The fourth-order valence-electron chi connectivity index (χ4n) is 0.482. The summed E-state index contributed by atoms with van der Waals surface area (Å²) in [5.74, 6) is 3.17. The quantitative estimate of drug-likeness (QED) is 0.612. The first-order chi connectivity index (χ1) is 4.34. The summed E-state index contributed by atoms with van der Waals surface area (Å²) < 4.78 is 1.56. The maximum atomic E-state index is 5.02. The number of nitrogens with zero attached hydrogens (tertiary/aromatic N) is 4. The lowest BCUT2D eigenvalue weighted by molar-refractivity contribution is 0.655. The largest absolute Gasteiger partial charge is 0.218 e. The second-order valence-corrected chi connectivity index (χ2v) is 1.59. The average molecular weight is 203 g/mol. The van der Waals surface area contributed by atoms with E-state index in [1.807, 2.05) is 0 Å². The molecule has 0 saturated carbocycles. The Morgan fingerprint density at radius 1 is 1.70 bits per heavy atom. The van der Waals surface area contributed by atoms with Crippen LogP contribution in [0.2, 0.25) is 0 Å². The lowest BCUT2D eigenvalue weighted by atomic mass is 10.6. The van der Waals surface area contributed by atoms with Crippen LogP contribution in [0.25, 0.3) is 0 Å². The molecule has 0 aromatic carbocycles. The van der Waals surface area contributed by atoms with Crippen molar-refractivity contribution in [3.8, 4) is 12.3 Å². The number of aryl methyl sites for hydroxylation is 1. The third-order valence-electron chi connectivity index (χ3n) is 0.952. The van der Waals surface area contributed by atoms with Gasteiger partial charge in [-0.25, -0.2) is 4.68 Å². The highest BCUT2D eigenvalue weighted by atomic mass is 79.9. The molecule has 1 aromatic rings. The zero-order valence-electron chi connectivity index (χ0n) is 5.48. The maximum absolute atomic E-state index is 5.02. The lowest BCUT2D eigenvalue weighted by Gasteiger charge is -1.89. The molecular formula is C5H7BrN4. The van der Waals surface area contributed by atoms with Crippen molar-refractivity contribution >= 4 is 17.0 Å². The number of halogens is 1. The smallest absolute Gasteiger partial charge is 0.149 e. The van der Waals surface area contributed by atoms with E-state index < -0.39 is 0 Å². The Hall–Kier alpha value is -0.890. The molecule has 54 valence electrons. The Morgan fingerprint density at radius 2 is 2.40 bits per heavy atom. The van der Waals surface area contributed by atoms with Crippen molar-refractivity contribution in [3.63, 3.8) is 0 Å². The molecule has 0 spiro atoms. The standard InChI is InChI=1S/C5H6N4.BrH/c1-3-4-9-5(2)6-7-8-9;/h1H,4H2,2H3;1H. The molecule has 1 aromatic heterocycles. The summed E-state index contributed by atoms with van der Waals surface area (Å²) in [6.45, 7) is 2.25. The molecular weight excluding hydrogens is 196 g/mol. The van der Waals surface area contributed by atoms with E-state index in [0.717, 1.165) is 5.82 Å². The fourth-order valence-corrected chi connectivity index (χ4v) is 0.482. The number of rotatable bonds is 1. The summed E-state index contributed by atoms with van der Waals surface area (Å²) in [5.41, 5.74) is 0. The molecule has 0 unspecified atom stereocenters. The average Bonchev–Trinajstić information content (AvgIpc) is 2.18. The van der Waals surface area contributed by atoms with Crippen molar-refractivity contribution in [1.82, 2.24) is 20.2 Å². The van der Waals surface area contributed by atoms with E-state index in [1.54, 1.807) is 11.6 Å². The summed E-state index contributed by atoms with van der Waals surface area (Å²) in [6.07, 6.45) is 5.02. The van der Waals surface area contributed by atoms with Crippen LogP contribution in [-0.4, -0.2) is 20.2 Å². The van der Waals surface area contributed by atoms with Gasteiger partial charge in [0.1, 0.15) is 12.4 Å². The molecule has 1 heterocycles. The minimum absolute atomic E-state index is 0. The molecule has 0 aliphatic carbocycles. The van der Waals surface area contributed by atoms with Crippen molar-refractivity contribution in [1.29, 1.82) is 0 Å². The van der Waals surface area contributed by atoms with Crippen molar-refractivity contribution in [2.75, 3.05) is 0 Å². The minimum atomic E-state index is 0. The van der Waals surface area contributed by atoms with Crippen LogP contribution in [0.5, 0.6) is 0 Å². The molecule has 0 amide bonds. The van der Waals surface area contributed by atoms with Gasteiger partial charge >= 0.3 is 0 Å². The first kappa shape index (κ1) is 9.11. The van der Waals surface area contributed by atoms with Gasteiger partial charge < -0.3 is 0 Å². The van der Waals surface area contributed by atoms with Gasteiger partial charge in [-0.05, 0) is 17.4 Å². The van der Waals surface area contributed by atoms with Crippen molar-refractivity contribution in [2.24, 2.45) is 0 Å². The van der Waals surface area contributed by atoms with Crippen LogP contribution in [0.1, 0.15) is 5.82 Å². The van der Waals surface area contributed by atoms with Crippen molar-refractivity contribution < 1.29 is 0 Å². The number of terminal acetylenes is 1. The highest BCUT2D eigenvalue weighted by molar-refractivity contribution is 8.93. The molecule has 5 heteroatoms. The molecule has 0 bridgehead atoms. The van der Waals surface area contributed by atoms with Gasteiger partial charge in [0.25, 0.3) is 0 Å². The van der Waals surface area contributed by atoms with Gasteiger partial charge in [0, 0.05) is 0 Å². The van der Waals surface area contributed by atoms with Crippen LogP contribution >= 0.6 is 17.0 Å². The Morgan fingerprint density at radius 3 is 2.80 bits per heavy atom. The molecule has 0 aliphatic rings. The summed E-state index contributed by atoms with van der Waals surface area (Å²) in [7, 11) is 0. The van der Waals surface area contributed by atoms with Gasteiger partial charge in [0.2, 0.25) is 0 Å². The van der Waals surface area contributed by atoms with E-state index in [0.29, 0.717) is 6.54 Å². The summed E-state index contributed by atoms with van der Waals surface area (Å²) in [4.78, 5) is 0. The van der Waals surface area contributed by atoms with Gasteiger partial charge in [-0.2, -0.15) is 0 Å². The Labute approximate surface area is 69.4 Å². The van der Waals surface area contributed by atoms with E-state index in [2.05, 4.69) is 21.4 Å². The molecule has 10 heavy (non-hydrogen) atoms. The van der Waals surface area contributed by atoms with Crippen LogP contribution < -0.4 is 0 Å². The first-order valence-corrected chi connectivity index (χ1v) is 2.51. The Balaban J connectivity index is 0.000000810. The molecule has 0 radical (unpaired) electrons. The zero-order chi connectivity index (χ0) is 6.69. The molecule has 0 aliphatic heterocycles. The van der Waals surface area contributed by atoms with E-state index in [9.17, 15) is 0 Å². The minimum Gasteiger partial charge on any atom is -0.218 e. The highest BCUT2D eigenvalue weighted by Gasteiger charge is 1.94. The second kappa shape index (κ2) is 4.01. The van der Waals surface area contributed by atoms with Gasteiger partial charge in [0.05, 0.1) is 0 Å². The number of hydrogen-bond donors (Lipinski definition) is 0. The monoisotopic (exact) mass is 202 g/mol. The molecule has 4 nitrogen and oxygen atoms in total. The third-order valence-corrected chi connectivity index (χ3v) is 0.952. The van der Waals surface area contributed by atoms with Gasteiger partial charge in [-0.1, -0.05) is 5.92 Å². The fraction of sp³-hybridized carbons (Fsp3) is 0.400. The van der Waals surface area contributed by atoms with Crippen molar-refractivity contribution in [3.05, 3.63) is 5.82 Å². The summed E-state index contributed by atoms with van der Waals surface area (Å²) >= 11 is 0. The molecule has 1 rings (SSSR count). The number of aromatic nitrogens is 4. The van der Waals surface area contributed by atoms with E-state index in [-0.39, 0.29) is 17.0 Å². The Bertz CT molecular complexity index is 236. The first-order valence-electron chi connectivity index (χ1n) is 2.51. The molecule has 0 saturated heterocycles. The van der Waals surface area contributed by atoms with E-state index in [4.69, 9.17) is 6.42 Å². The second-order valence-electron chi connectivity index (χ2n) is 1.59. The SMILES string of the molecule is Br.C#CCn1nnnc1C. The third kappa shape index (κ3) is 1.81. The number of hydrogen-bond acceptors (Lipinski definition) is 3. The van der Waals surface area contributed by atoms with Crippen LogP contribution in [0, 0.1) is 19.3 Å². The predicted octanol–water partition coefficient (Wildman–Crippen LogP) is 0.193. The van der Waals surface area contributed by atoms with Crippen LogP contribution in [-0.2, 0) is 6.54 Å². The lowest BCUT2D eigenvalue weighted by Crippen LogP contribution is -1.99. The van der Waals surface area contributed by atoms with Crippen LogP contribution in [0.3, 0.4) is 0 Å². The summed E-state index contributed by atoms with van der Waals surface area (Å²) in [5, 5.41) is 10.7. The van der Waals surface area contributed by atoms with Gasteiger partial charge in [-0.15, -0.1) is 28.5 Å². The van der Waals surface area contributed by atoms with Crippen LogP contribution in [0.4, 0.5) is 0 Å². The van der Waals surface area contributed by atoms with Gasteiger partial charge in [-0.3, -0.25) is 0 Å². The molecule has 0 N–H and O–H groups in total. The normalized spacial score (nSPS) is 8.00. The van der Waals surface area contributed by atoms with Gasteiger partial charge in [0.15, 0.2) is 0 Å².